The van der Waals surface area contributed by atoms with Crippen molar-refractivity contribution in [2.45, 2.75) is 39.5 Å². The zero-order valence-corrected chi connectivity index (χ0v) is 15.3. The number of rotatable bonds is 3. The van der Waals surface area contributed by atoms with Gasteiger partial charge < -0.3 is 4.40 Å². The standard InChI is InChI=1S/C23H24N2/c1-15(2)17-7-8-19(20(12-17)16(3)4)21-13-18-14-24-10-9-22(18)25-11-5-6-23(21)25/h5-16H,1-4H3. The zero-order chi connectivity index (χ0) is 17.6. The molecular formula is C23H24N2. The minimum Gasteiger partial charge on any atom is -0.316 e. The quantitative estimate of drug-likeness (QED) is 0.425. The Kier molecular flexibility index (Phi) is 3.84. The Morgan fingerprint density at radius 2 is 1.68 bits per heavy atom. The first kappa shape index (κ1) is 15.9. The van der Waals surface area contributed by atoms with Crippen LogP contribution >= 0.6 is 0 Å². The molecule has 0 atom stereocenters. The normalized spacial score (nSPS) is 11.9. The lowest BCUT2D eigenvalue weighted by molar-refractivity contribution is 0.835. The van der Waals surface area contributed by atoms with Gasteiger partial charge in [0, 0.05) is 29.5 Å². The predicted octanol–water partition coefficient (Wildman–Crippen LogP) is 6.40. The van der Waals surface area contributed by atoms with Crippen LogP contribution in [0.2, 0.25) is 0 Å². The number of fused-ring (bicyclic) bond motifs is 3. The molecule has 126 valence electrons. The van der Waals surface area contributed by atoms with Gasteiger partial charge in [-0.05, 0) is 52.8 Å². The molecule has 0 amide bonds. The van der Waals surface area contributed by atoms with E-state index in [4.69, 9.17) is 0 Å². The van der Waals surface area contributed by atoms with E-state index in [0.717, 1.165) is 0 Å². The zero-order valence-electron chi connectivity index (χ0n) is 15.3. The SMILES string of the molecule is CC(C)c1ccc(-c2cc3cnccc3n3cccc23)c(C(C)C)c1. The van der Waals surface area contributed by atoms with Gasteiger partial charge >= 0.3 is 0 Å². The third-order valence-electron chi connectivity index (χ3n) is 5.07. The van der Waals surface area contributed by atoms with Crippen molar-refractivity contribution in [1.29, 1.82) is 0 Å². The maximum absolute atomic E-state index is 4.32. The Labute approximate surface area is 149 Å². The van der Waals surface area contributed by atoms with Crippen molar-refractivity contribution in [1.82, 2.24) is 9.38 Å². The highest BCUT2D eigenvalue weighted by Gasteiger charge is 2.15. The fourth-order valence-corrected chi connectivity index (χ4v) is 3.65. The van der Waals surface area contributed by atoms with E-state index in [-0.39, 0.29) is 0 Å². The first-order chi connectivity index (χ1) is 12.1. The van der Waals surface area contributed by atoms with Crippen LogP contribution in [0.25, 0.3) is 27.5 Å². The van der Waals surface area contributed by atoms with Crippen molar-refractivity contribution in [3.63, 3.8) is 0 Å². The van der Waals surface area contributed by atoms with Gasteiger partial charge in [0.1, 0.15) is 0 Å². The number of hydrogen-bond acceptors (Lipinski definition) is 1. The minimum atomic E-state index is 0.480. The van der Waals surface area contributed by atoms with Gasteiger partial charge in [-0.15, -0.1) is 0 Å². The summed E-state index contributed by atoms with van der Waals surface area (Å²) in [6.07, 6.45) is 5.95. The molecule has 0 aliphatic rings. The van der Waals surface area contributed by atoms with Crippen LogP contribution in [0.4, 0.5) is 0 Å². The molecule has 0 aliphatic carbocycles. The molecule has 0 N–H and O–H groups in total. The lowest BCUT2D eigenvalue weighted by Gasteiger charge is -2.18. The Hall–Kier alpha value is -2.61. The predicted molar refractivity (Wildman–Crippen MR) is 106 cm³/mol. The molecule has 2 heteroatoms. The van der Waals surface area contributed by atoms with Crippen LogP contribution in [0.3, 0.4) is 0 Å². The molecule has 1 aromatic carbocycles. The van der Waals surface area contributed by atoms with Gasteiger partial charge in [0.15, 0.2) is 0 Å². The molecule has 0 bridgehead atoms. The summed E-state index contributed by atoms with van der Waals surface area (Å²) < 4.78 is 2.27. The van der Waals surface area contributed by atoms with E-state index < -0.39 is 0 Å². The number of pyridine rings is 2. The Bertz CT molecular complexity index is 1050. The number of hydrogen-bond donors (Lipinski definition) is 0. The summed E-state index contributed by atoms with van der Waals surface area (Å²) in [4.78, 5) is 4.32. The second-order valence-corrected chi connectivity index (χ2v) is 7.41. The lowest BCUT2D eigenvalue weighted by atomic mass is 9.88. The Morgan fingerprint density at radius 1 is 0.840 bits per heavy atom. The second kappa shape index (κ2) is 6.03. The summed E-state index contributed by atoms with van der Waals surface area (Å²) in [7, 11) is 0. The average Bonchev–Trinajstić information content (AvgIpc) is 3.10. The number of aromatic nitrogens is 2. The van der Waals surface area contributed by atoms with Crippen molar-refractivity contribution in [2.75, 3.05) is 0 Å². The monoisotopic (exact) mass is 328 g/mol. The van der Waals surface area contributed by atoms with Crippen LogP contribution in [0.5, 0.6) is 0 Å². The van der Waals surface area contributed by atoms with Gasteiger partial charge in [-0.25, -0.2) is 0 Å². The molecule has 4 aromatic rings. The first-order valence-corrected chi connectivity index (χ1v) is 9.04. The Balaban J connectivity index is 2.05. The topological polar surface area (TPSA) is 17.3 Å². The molecule has 0 saturated heterocycles. The van der Waals surface area contributed by atoms with E-state index in [2.05, 4.69) is 85.7 Å². The molecule has 3 heterocycles. The van der Waals surface area contributed by atoms with Gasteiger partial charge in [-0.1, -0.05) is 45.9 Å². The van der Waals surface area contributed by atoms with Gasteiger partial charge in [0.2, 0.25) is 0 Å². The molecule has 0 spiro atoms. The fraction of sp³-hybridized carbons (Fsp3) is 0.261. The van der Waals surface area contributed by atoms with E-state index in [0.29, 0.717) is 11.8 Å². The van der Waals surface area contributed by atoms with E-state index in [1.807, 2.05) is 12.4 Å². The van der Waals surface area contributed by atoms with Gasteiger partial charge in [0.25, 0.3) is 0 Å². The first-order valence-electron chi connectivity index (χ1n) is 9.04. The summed E-state index contributed by atoms with van der Waals surface area (Å²) in [6, 6.07) is 15.7. The highest BCUT2D eigenvalue weighted by molar-refractivity contribution is 5.93. The van der Waals surface area contributed by atoms with Crippen molar-refractivity contribution < 1.29 is 0 Å². The molecule has 0 radical (unpaired) electrons. The smallest absolute Gasteiger partial charge is 0.0559 e. The molecule has 2 nitrogen and oxygen atoms in total. The highest BCUT2D eigenvalue weighted by Crippen LogP contribution is 2.36. The van der Waals surface area contributed by atoms with Crippen LogP contribution in [-0.4, -0.2) is 9.38 Å². The molecular weight excluding hydrogens is 304 g/mol. The molecule has 3 aromatic heterocycles. The van der Waals surface area contributed by atoms with Crippen LogP contribution in [0, 0.1) is 0 Å². The van der Waals surface area contributed by atoms with Crippen molar-refractivity contribution in [3.05, 3.63) is 72.2 Å². The van der Waals surface area contributed by atoms with E-state index >= 15 is 0 Å². The fourth-order valence-electron chi connectivity index (χ4n) is 3.65. The van der Waals surface area contributed by atoms with Crippen LogP contribution in [-0.2, 0) is 0 Å². The van der Waals surface area contributed by atoms with Gasteiger partial charge in [-0.3, -0.25) is 4.98 Å². The molecule has 0 unspecified atom stereocenters. The summed E-state index contributed by atoms with van der Waals surface area (Å²) >= 11 is 0. The molecule has 4 rings (SSSR count). The van der Waals surface area contributed by atoms with Crippen LogP contribution in [0.1, 0.15) is 50.7 Å². The summed E-state index contributed by atoms with van der Waals surface area (Å²) in [5.41, 5.74) is 7.87. The molecule has 25 heavy (non-hydrogen) atoms. The third-order valence-corrected chi connectivity index (χ3v) is 5.07. The average molecular weight is 328 g/mol. The summed E-state index contributed by atoms with van der Waals surface area (Å²) in [5, 5.41) is 1.17. The maximum atomic E-state index is 4.32. The van der Waals surface area contributed by atoms with E-state index in [1.54, 1.807) is 0 Å². The molecule has 0 saturated carbocycles. The van der Waals surface area contributed by atoms with Crippen molar-refractivity contribution >= 4 is 16.4 Å². The number of nitrogens with zero attached hydrogens (tertiary/aromatic N) is 2. The van der Waals surface area contributed by atoms with Crippen LogP contribution in [0.15, 0.2) is 61.1 Å². The third kappa shape index (κ3) is 2.62. The molecule has 0 fully saturated rings. The number of benzene rings is 1. The maximum Gasteiger partial charge on any atom is 0.0559 e. The van der Waals surface area contributed by atoms with Gasteiger partial charge in [0.05, 0.1) is 11.0 Å². The molecule has 0 aliphatic heterocycles. The Morgan fingerprint density at radius 3 is 2.44 bits per heavy atom. The van der Waals surface area contributed by atoms with Gasteiger partial charge in [-0.2, -0.15) is 0 Å². The second-order valence-electron chi connectivity index (χ2n) is 7.41. The minimum absolute atomic E-state index is 0.480. The van der Waals surface area contributed by atoms with Crippen molar-refractivity contribution in [2.24, 2.45) is 0 Å². The van der Waals surface area contributed by atoms with E-state index in [9.17, 15) is 0 Å². The summed E-state index contributed by atoms with van der Waals surface area (Å²) in [6.45, 7) is 9.07. The lowest BCUT2D eigenvalue weighted by Crippen LogP contribution is -1.98. The van der Waals surface area contributed by atoms with Crippen molar-refractivity contribution in [3.8, 4) is 11.1 Å². The van der Waals surface area contributed by atoms with Crippen LogP contribution < -0.4 is 0 Å². The highest BCUT2D eigenvalue weighted by atomic mass is 14.9. The largest absolute Gasteiger partial charge is 0.316 e. The summed E-state index contributed by atoms with van der Waals surface area (Å²) in [5.74, 6) is 1.02. The van der Waals surface area contributed by atoms with E-state index in [1.165, 1.54) is 38.7 Å².